The molecule has 0 aliphatic heterocycles. The predicted octanol–water partition coefficient (Wildman–Crippen LogP) is 2.06. The van der Waals surface area contributed by atoms with Gasteiger partial charge in [0.25, 0.3) is 0 Å². The molecule has 0 amide bonds. The molecule has 0 aliphatic rings. The summed E-state index contributed by atoms with van der Waals surface area (Å²) in [5.41, 5.74) is 0. The Morgan fingerprint density at radius 1 is 0.923 bits per heavy atom. The molecule has 3 heteroatoms. The molecule has 0 saturated heterocycles. The van der Waals surface area contributed by atoms with E-state index in [9.17, 15) is 5.11 Å². The molecule has 0 bridgehead atoms. The van der Waals surface area contributed by atoms with Crippen molar-refractivity contribution >= 4 is 0 Å². The zero-order chi connectivity index (χ0) is 8.15. The smallest absolute Gasteiger partial charge is 0.0567 e. The second-order valence-corrected chi connectivity index (χ2v) is 3.37. The standard InChI is InChI=1S/C8H18O2.2CH3.Y/c1-6(2)4-8(10)5-7(3)9;;;/h6-10H,4-5H2,1-3H3;2*1H3;/q;2*-1;. The first kappa shape index (κ1) is 23.7. The molecule has 0 aliphatic carbocycles. The van der Waals surface area contributed by atoms with Crippen LogP contribution in [0.5, 0.6) is 0 Å². The van der Waals surface area contributed by atoms with E-state index in [-0.39, 0.29) is 59.8 Å². The Labute approximate surface area is 109 Å². The summed E-state index contributed by atoms with van der Waals surface area (Å²) in [6, 6.07) is 0. The maximum atomic E-state index is 9.23. The Kier molecular flexibility index (Phi) is 23.7. The minimum Gasteiger partial charge on any atom is -0.393 e. The van der Waals surface area contributed by atoms with E-state index >= 15 is 0 Å². The van der Waals surface area contributed by atoms with Crippen molar-refractivity contribution in [1.29, 1.82) is 0 Å². The Bertz CT molecular complexity index is 75.0. The van der Waals surface area contributed by atoms with Crippen LogP contribution in [-0.2, 0) is 32.7 Å². The molecule has 2 nitrogen and oxygen atoms in total. The van der Waals surface area contributed by atoms with Crippen LogP contribution in [-0.4, -0.2) is 22.4 Å². The molecule has 2 atom stereocenters. The number of rotatable bonds is 4. The van der Waals surface area contributed by atoms with E-state index < -0.39 is 0 Å². The van der Waals surface area contributed by atoms with Gasteiger partial charge in [0.15, 0.2) is 0 Å². The fraction of sp³-hybridized carbons (Fsp3) is 0.800. The maximum absolute atomic E-state index is 9.23. The van der Waals surface area contributed by atoms with Crippen LogP contribution >= 0.6 is 0 Å². The SMILES string of the molecule is CC(C)CC(O)CC(C)O.[CH3-].[CH3-].[Y]. The molecule has 2 unspecified atom stereocenters. The van der Waals surface area contributed by atoms with Crippen LogP contribution in [0.3, 0.4) is 0 Å². The van der Waals surface area contributed by atoms with Gasteiger partial charge in [-0.1, -0.05) is 13.8 Å². The molecule has 0 aromatic rings. The van der Waals surface area contributed by atoms with E-state index in [0.717, 1.165) is 6.42 Å². The summed E-state index contributed by atoms with van der Waals surface area (Å²) in [6.45, 7) is 5.82. The molecular formula is C10H24O2Y-2. The minimum absolute atomic E-state index is 0. The van der Waals surface area contributed by atoms with E-state index in [2.05, 4.69) is 13.8 Å². The predicted molar refractivity (Wildman–Crippen MR) is 54.6 cm³/mol. The van der Waals surface area contributed by atoms with Crippen LogP contribution in [0.4, 0.5) is 0 Å². The van der Waals surface area contributed by atoms with Crippen molar-refractivity contribution < 1.29 is 42.9 Å². The third-order valence-corrected chi connectivity index (χ3v) is 1.36. The van der Waals surface area contributed by atoms with Crippen LogP contribution in [0.25, 0.3) is 0 Å². The van der Waals surface area contributed by atoms with Gasteiger partial charge >= 0.3 is 0 Å². The summed E-state index contributed by atoms with van der Waals surface area (Å²) in [4.78, 5) is 0. The van der Waals surface area contributed by atoms with E-state index in [1.807, 2.05) is 0 Å². The second-order valence-electron chi connectivity index (χ2n) is 3.37. The summed E-state index contributed by atoms with van der Waals surface area (Å²) >= 11 is 0. The summed E-state index contributed by atoms with van der Waals surface area (Å²) in [7, 11) is 0. The zero-order valence-corrected chi connectivity index (χ0v) is 12.5. The van der Waals surface area contributed by atoms with Crippen molar-refractivity contribution in [1.82, 2.24) is 0 Å². The van der Waals surface area contributed by atoms with Gasteiger partial charge in [-0.25, -0.2) is 0 Å². The second kappa shape index (κ2) is 13.0. The first-order valence-electron chi connectivity index (χ1n) is 3.88. The van der Waals surface area contributed by atoms with E-state index in [0.29, 0.717) is 12.3 Å². The van der Waals surface area contributed by atoms with Gasteiger partial charge in [-0.2, -0.15) is 0 Å². The van der Waals surface area contributed by atoms with Crippen molar-refractivity contribution in [2.24, 2.45) is 5.92 Å². The number of aliphatic hydroxyl groups is 2. The average molecular weight is 265 g/mol. The van der Waals surface area contributed by atoms with Gasteiger partial charge in [-0.3, -0.25) is 0 Å². The largest absolute Gasteiger partial charge is 0.393 e. The number of hydrogen-bond donors (Lipinski definition) is 2. The molecule has 0 fully saturated rings. The minimum atomic E-state index is -0.381. The monoisotopic (exact) mass is 265 g/mol. The Morgan fingerprint density at radius 2 is 1.31 bits per heavy atom. The van der Waals surface area contributed by atoms with Crippen molar-refractivity contribution in [3.8, 4) is 0 Å². The third-order valence-electron chi connectivity index (χ3n) is 1.36. The zero-order valence-electron chi connectivity index (χ0n) is 9.62. The molecule has 2 N–H and O–H groups in total. The summed E-state index contributed by atoms with van der Waals surface area (Å²) in [5, 5.41) is 18.1. The summed E-state index contributed by atoms with van der Waals surface area (Å²) in [6.07, 6.45) is 0.567. The fourth-order valence-corrected chi connectivity index (χ4v) is 1.03. The molecule has 81 valence electrons. The van der Waals surface area contributed by atoms with Gasteiger partial charge in [-0.05, 0) is 25.7 Å². The Hall–Kier alpha value is 1.02. The van der Waals surface area contributed by atoms with Crippen LogP contribution in [0, 0.1) is 20.8 Å². The first-order valence-corrected chi connectivity index (χ1v) is 3.88. The van der Waals surface area contributed by atoms with Crippen molar-refractivity contribution in [2.45, 2.75) is 45.8 Å². The number of aliphatic hydroxyl groups excluding tert-OH is 2. The Balaban J connectivity index is -0.000000135. The van der Waals surface area contributed by atoms with Gasteiger partial charge in [0.05, 0.1) is 12.2 Å². The number of hydrogen-bond acceptors (Lipinski definition) is 2. The molecule has 0 rings (SSSR count). The molecule has 0 aromatic heterocycles. The van der Waals surface area contributed by atoms with Gasteiger partial charge in [0.2, 0.25) is 0 Å². The van der Waals surface area contributed by atoms with Crippen LogP contribution < -0.4 is 0 Å². The van der Waals surface area contributed by atoms with E-state index in [4.69, 9.17) is 5.11 Å². The molecule has 0 spiro atoms. The quantitative estimate of drug-likeness (QED) is 0.764. The van der Waals surface area contributed by atoms with Crippen LogP contribution in [0.15, 0.2) is 0 Å². The third kappa shape index (κ3) is 19.4. The van der Waals surface area contributed by atoms with Gasteiger partial charge in [-0.15, -0.1) is 0 Å². The molecule has 1 radical (unpaired) electrons. The van der Waals surface area contributed by atoms with Gasteiger partial charge in [0.1, 0.15) is 0 Å². The normalized spacial score (nSPS) is 13.4. The average Bonchev–Trinajstić information content (AvgIpc) is 1.58. The maximum Gasteiger partial charge on any atom is 0.0567 e. The molecule has 13 heavy (non-hydrogen) atoms. The molecule has 0 saturated carbocycles. The molecular weight excluding hydrogens is 241 g/mol. The topological polar surface area (TPSA) is 40.5 Å². The van der Waals surface area contributed by atoms with E-state index in [1.165, 1.54) is 0 Å². The van der Waals surface area contributed by atoms with Crippen molar-refractivity contribution in [2.75, 3.05) is 0 Å². The van der Waals surface area contributed by atoms with E-state index in [1.54, 1.807) is 6.92 Å². The summed E-state index contributed by atoms with van der Waals surface area (Å²) in [5.74, 6) is 0.508. The molecule has 0 aromatic carbocycles. The van der Waals surface area contributed by atoms with Crippen molar-refractivity contribution in [3.05, 3.63) is 14.9 Å². The van der Waals surface area contributed by atoms with Crippen molar-refractivity contribution in [3.63, 3.8) is 0 Å². The molecule has 0 heterocycles. The van der Waals surface area contributed by atoms with Crippen LogP contribution in [0.1, 0.15) is 33.6 Å². The first-order chi connectivity index (χ1) is 4.52. The summed E-state index contributed by atoms with van der Waals surface area (Å²) < 4.78 is 0. The fourth-order valence-electron chi connectivity index (χ4n) is 1.03. The van der Waals surface area contributed by atoms with Gasteiger partial charge in [0, 0.05) is 32.7 Å². The van der Waals surface area contributed by atoms with Crippen LogP contribution in [0.2, 0.25) is 0 Å². The van der Waals surface area contributed by atoms with Gasteiger partial charge < -0.3 is 25.1 Å². The Morgan fingerprint density at radius 3 is 1.54 bits per heavy atom.